The maximum atomic E-state index is 13.5. The fourth-order valence-corrected chi connectivity index (χ4v) is 21.1. The number of hydrogen-bond donors (Lipinski definition) is 8. The monoisotopic (exact) mass is 2100 g/mol. The van der Waals surface area contributed by atoms with Crippen LogP contribution in [0.1, 0.15) is 247 Å². The number of hydrogen-bond acceptors (Lipinski definition) is 28. The summed E-state index contributed by atoms with van der Waals surface area (Å²) in [6.45, 7) is -7.69. The van der Waals surface area contributed by atoms with E-state index in [-0.39, 0.29) is 127 Å². The van der Waals surface area contributed by atoms with Crippen molar-refractivity contribution in [1.29, 1.82) is 0 Å². The molecule has 12 heterocycles. The highest BCUT2D eigenvalue weighted by molar-refractivity contribution is 7.90. The van der Waals surface area contributed by atoms with Gasteiger partial charge in [0.2, 0.25) is 40.1 Å². The third-order valence-electron chi connectivity index (χ3n) is 24.5. The molecule has 12 aromatic rings. The molecule has 4 saturated heterocycles. The fourth-order valence-electron chi connectivity index (χ4n) is 17.2. The van der Waals surface area contributed by atoms with E-state index in [4.69, 9.17) is 65.1 Å². The lowest BCUT2D eigenvalue weighted by molar-refractivity contribution is 0.297. The van der Waals surface area contributed by atoms with E-state index in [0.29, 0.717) is 141 Å². The second-order valence-corrected chi connectivity index (χ2v) is 41.8. The zero-order valence-corrected chi connectivity index (χ0v) is 85.0. The van der Waals surface area contributed by atoms with Crippen LogP contribution >= 0.6 is 0 Å². The van der Waals surface area contributed by atoms with Crippen molar-refractivity contribution >= 4 is 84.2 Å². The van der Waals surface area contributed by atoms with E-state index >= 15 is 0 Å². The van der Waals surface area contributed by atoms with Gasteiger partial charge in [-0.25, -0.2) is 72.5 Å². The van der Waals surface area contributed by atoms with E-state index in [1.807, 2.05) is 46.7 Å². The number of likely N-dealkylation sites (tertiary alicyclic amines) is 4. The normalized spacial score (nSPS) is 21.3. The minimum atomic E-state index is -4.56. The summed E-state index contributed by atoms with van der Waals surface area (Å²) < 4.78 is 381. The van der Waals surface area contributed by atoms with Gasteiger partial charge in [0, 0.05) is 119 Å². The molecule has 16 rings (SSSR count). The van der Waals surface area contributed by atoms with E-state index in [0.717, 1.165) is 76.2 Å². The van der Waals surface area contributed by atoms with Crippen LogP contribution < -0.4 is 60.1 Å². The van der Waals surface area contributed by atoms with Crippen molar-refractivity contribution in [2.75, 3.05) is 107 Å². The average molecular weight is 2100 g/mol. The van der Waals surface area contributed by atoms with Crippen LogP contribution in [0.4, 0.5) is 0 Å². The standard InChI is InChI=1S/4C25H36N6O4S/c4*1-5-8-20-22-23(31(4)29-20)25(32)28-24(27-22)19-16-18(10-11-21(19)35-15-6-2)36(33,34)26-13-12-17-9-7-14-30(17)3/h4*10-11,16-17,26H,5-9,12-15H2,1-4H3,(H,27,28,32)/i1D3,4D3,5D2,8D2,13D2;1D3,4D3,5D2,8D2,13D;3D3,13D;3D3. The van der Waals surface area contributed by atoms with Gasteiger partial charge < -0.3 is 58.5 Å². The SMILES string of the molecule is [2H]C(CC1CCCN1C([2H])([2H])[2H])NS(=O)(=O)c1ccc(OCCC)c(-c2nc3c(CCC)nn(C)c3c(=O)[nH]2)c1.[2H]C(CC1CCCN1C)NS(=O)(=O)c1ccc(OCCC)c(-c2nc3c(C([2H])([2H])C([2H])([2H])C([2H])([2H])[2H])nn(C([2H])([2H])[2H])c3c(=O)[nH]2)c1.[2H]C([2H])(CC1CCCN1C)NS(=O)(=O)c1ccc(OCCC)c(-c2nc3c(C([2H])([2H])C([2H])([2H])C([2H])([2H])[2H])nn(C([2H])([2H])[2H])c3c(=O)[nH]2)c1.[2H]C([2H])([2H])N1CCCC1CCNS(=O)(=O)c1ccc(OCCC)c(-c2nc3c(CCC)nn(C)c3c(=O)[nH]2)c1. The Labute approximate surface area is 885 Å². The lowest BCUT2D eigenvalue weighted by atomic mass is 10.1. The van der Waals surface area contributed by atoms with E-state index in [1.165, 1.54) is 67.7 Å². The van der Waals surface area contributed by atoms with Gasteiger partial charge in [0.25, 0.3) is 22.2 Å². The van der Waals surface area contributed by atoms with Gasteiger partial charge in [0.05, 0.1) is 91.0 Å². The van der Waals surface area contributed by atoms with Crippen molar-refractivity contribution in [2.24, 2.45) is 28.0 Å². The summed E-state index contributed by atoms with van der Waals surface area (Å²) >= 11 is 0. The number of aromatic nitrogens is 16. The Morgan fingerprint density at radius 2 is 0.667 bits per heavy atom. The number of H-pyrrole nitrogens is 4. The largest absolute Gasteiger partial charge is 0.493 e. The first-order chi connectivity index (χ1) is 80.7. The molecule has 4 aromatic carbocycles. The Morgan fingerprint density at radius 1 is 0.368 bits per heavy atom. The molecular formula is C100H144N24O16S4. The van der Waals surface area contributed by atoms with Gasteiger partial charge in [-0.15, -0.1) is 0 Å². The van der Waals surface area contributed by atoms with Crippen LogP contribution in [-0.2, 0) is 93.7 Å². The topological polar surface area (TPSA) is 489 Å². The number of aromatic amines is 4. The minimum absolute atomic E-state index is 0.0110. The Balaban J connectivity index is 0.000000190. The van der Waals surface area contributed by atoms with Crippen molar-refractivity contribution in [3.8, 4) is 68.5 Å². The first-order valence-electron chi connectivity index (χ1n) is 62.8. The lowest BCUT2D eigenvalue weighted by Crippen LogP contribution is -2.31. The molecular weight excluding hydrogens is 1920 g/mol. The third kappa shape index (κ3) is 26.5. The predicted molar refractivity (Wildman–Crippen MR) is 559 cm³/mol. The van der Waals surface area contributed by atoms with Gasteiger partial charge in [0.15, 0.2) is 22.1 Å². The van der Waals surface area contributed by atoms with E-state index in [1.54, 1.807) is 34.0 Å². The quantitative estimate of drug-likeness (QED) is 0.0176. The second-order valence-electron chi connectivity index (χ2n) is 35.0. The zero-order chi connectivity index (χ0) is 129. The van der Waals surface area contributed by atoms with Crippen molar-refractivity contribution in [3.63, 3.8) is 0 Å². The maximum Gasteiger partial charge on any atom is 0.277 e. The molecule has 0 spiro atoms. The number of nitrogens with zero attached hydrogens (tertiary/aromatic N) is 16. The molecule has 0 radical (unpaired) electrons. The zero-order valence-electron chi connectivity index (χ0n) is 112. The molecule has 0 bridgehead atoms. The molecule has 0 saturated carbocycles. The Kier molecular flexibility index (Phi) is 26.2. The van der Waals surface area contributed by atoms with Gasteiger partial charge in [-0.05, 0) is 255 Å². The molecule has 4 aliphatic heterocycles. The summed E-state index contributed by atoms with van der Waals surface area (Å²) in [5.74, 6) is 0.228. The van der Waals surface area contributed by atoms with E-state index in [2.05, 4.69) is 79.1 Å². The Morgan fingerprint density at radius 3 is 0.986 bits per heavy atom. The predicted octanol–water partition coefficient (Wildman–Crippen LogP) is 11.3. The van der Waals surface area contributed by atoms with E-state index < -0.39 is 199 Å². The molecule has 8 aromatic heterocycles. The molecule has 0 aliphatic carbocycles. The number of ether oxygens (including phenoxy) is 4. The van der Waals surface area contributed by atoms with Crippen LogP contribution in [0.5, 0.6) is 23.0 Å². The lowest BCUT2D eigenvalue weighted by Gasteiger charge is -2.19. The number of rotatable bonds is 44. The summed E-state index contributed by atoms with van der Waals surface area (Å²) in [6, 6.07) is 15.0. The van der Waals surface area contributed by atoms with Gasteiger partial charge in [-0.2, -0.15) is 20.4 Å². The molecule has 144 heavy (non-hydrogen) atoms. The van der Waals surface area contributed by atoms with Crippen molar-refractivity contribution in [2.45, 2.75) is 253 Å². The van der Waals surface area contributed by atoms with Gasteiger partial charge in [-0.1, -0.05) is 80.8 Å². The summed E-state index contributed by atoms with van der Waals surface area (Å²) in [5.41, 5.74) is -5.16. The van der Waals surface area contributed by atoms with Crippen molar-refractivity contribution in [3.05, 3.63) is 137 Å². The van der Waals surface area contributed by atoms with Crippen LogP contribution in [0, 0.1) is 0 Å². The molecule has 6 atom stereocenters. The fraction of sp³-hybridized carbons (Fsp3) is 0.560. The van der Waals surface area contributed by atoms with Gasteiger partial charge in [-0.3, -0.25) is 37.9 Å². The number of benzene rings is 4. The number of aryl methyl sites for hydroxylation is 8. The number of fused-ring (bicyclic) bond motifs is 4. The van der Waals surface area contributed by atoms with Crippen molar-refractivity contribution < 1.29 is 93.7 Å². The molecule has 40 nitrogen and oxygen atoms in total. The molecule has 8 N–H and O–H groups in total. The molecule has 6 unspecified atom stereocenters. The minimum Gasteiger partial charge on any atom is -0.493 e. The smallest absolute Gasteiger partial charge is 0.277 e. The second kappa shape index (κ2) is 49.9. The van der Waals surface area contributed by atoms with Crippen LogP contribution in [0.2, 0.25) is 0 Å². The summed E-state index contributed by atoms with van der Waals surface area (Å²) in [7, 11) is -9.90. The molecule has 784 valence electrons. The summed E-state index contributed by atoms with van der Waals surface area (Å²) in [5, 5.41) is 16.2. The first-order valence-corrected chi connectivity index (χ1v) is 53.6. The van der Waals surface area contributed by atoms with Crippen LogP contribution in [0.15, 0.2) is 112 Å². The molecule has 0 amide bonds. The maximum absolute atomic E-state index is 13.5. The Hall–Kier alpha value is -11.0. The number of sulfonamides is 4. The van der Waals surface area contributed by atoms with Crippen LogP contribution in [0.3, 0.4) is 0 Å². The summed E-state index contributed by atoms with van der Waals surface area (Å²) in [6.07, 6.45) is -2.34. The highest BCUT2D eigenvalue weighted by Gasteiger charge is 2.32. The van der Waals surface area contributed by atoms with Gasteiger partial charge >= 0.3 is 0 Å². The van der Waals surface area contributed by atoms with Crippen molar-refractivity contribution in [1.82, 2.24) is 117 Å². The van der Waals surface area contributed by atoms with Crippen LogP contribution in [0.25, 0.3) is 89.7 Å². The first kappa shape index (κ1) is 75.6. The summed E-state index contributed by atoms with van der Waals surface area (Å²) in [4.78, 5) is 86.8. The van der Waals surface area contributed by atoms with Crippen LogP contribution in [-0.4, -0.2) is 263 Å². The molecule has 4 fully saturated rings. The highest BCUT2D eigenvalue weighted by atomic mass is 32.2. The molecule has 4 aliphatic rings. The third-order valence-corrected chi connectivity index (χ3v) is 30.0. The average Bonchev–Trinajstić information content (AvgIpc) is 1.56. The Bertz CT molecular complexity index is 8590. The highest BCUT2D eigenvalue weighted by Crippen LogP contribution is 2.38. The van der Waals surface area contributed by atoms with Gasteiger partial charge in [0.1, 0.15) is 68.4 Å². The van der Waals surface area contributed by atoms with E-state index in [9.17, 15) is 52.8 Å². The molecule has 44 heteroatoms. The number of nitrogens with one attached hydrogen (secondary N) is 8.